The zero-order valence-electron chi connectivity index (χ0n) is 15.6. The van der Waals surface area contributed by atoms with Crippen molar-refractivity contribution in [3.05, 3.63) is 0 Å². The van der Waals surface area contributed by atoms with Gasteiger partial charge in [0, 0.05) is 6.54 Å². The smallest absolute Gasteiger partial charge is 0.326 e. The van der Waals surface area contributed by atoms with E-state index < -0.39 is 42.0 Å². The van der Waals surface area contributed by atoms with Crippen LogP contribution in [0.4, 0.5) is 0 Å². The van der Waals surface area contributed by atoms with Crippen LogP contribution in [0.2, 0.25) is 0 Å². The average molecular weight is 407 g/mol. The van der Waals surface area contributed by atoms with Crippen molar-refractivity contribution in [1.29, 1.82) is 0 Å². The van der Waals surface area contributed by atoms with Crippen molar-refractivity contribution in [2.45, 2.75) is 50.4 Å². The van der Waals surface area contributed by atoms with Gasteiger partial charge in [-0.1, -0.05) is 0 Å². The van der Waals surface area contributed by atoms with Gasteiger partial charge in [-0.05, 0) is 38.2 Å². The van der Waals surface area contributed by atoms with Crippen molar-refractivity contribution in [3.63, 3.8) is 0 Å². The predicted octanol–water partition coefficient (Wildman–Crippen LogP) is -2.44. The topological polar surface area (TPSA) is 206 Å². The molecule has 11 nitrogen and oxygen atoms in total. The summed E-state index contributed by atoms with van der Waals surface area (Å²) in [5.41, 5.74) is 16.1. The molecule has 0 aliphatic carbocycles. The number of guanidine groups is 1. The van der Waals surface area contributed by atoms with Gasteiger partial charge >= 0.3 is 5.97 Å². The highest BCUT2D eigenvalue weighted by Gasteiger charge is 2.30. The number of carboxylic acid groups (broad SMARTS) is 1. The summed E-state index contributed by atoms with van der Waals surface area (Å²) in [4.78, 5) is 39.5. The summed E-state index contributed by atoms with van der Waals surface area (Å²) in [7, 11) is 0. The molecule has 0 aromatic rings. The minimum atomic E-state index is -1.32. The summed E-state index contributed by atoms with van der Waals surface area (Å²) in [6.45, 7) is 1.52. The second-order valence-electron chi connectivity index (χ2n) is 5.96. The van der Waals surface area contributed by atoms with E-state index in [1.807, 2.05) is 6.26 Å². The number of nitrogens with one attached hydrogen (secondary N) is 2. The van der Waals surface area contributed by atoms with E-state index in [1.54, 1.807) is 0 Å². The second-order valence-corrected chi connectivity index (χ2v) is 6.95. The molecule has 12 heteroatoms. The standard InChI is InChI=1S/C15H30N6O5S/c1-8(22)11(21-12(23)9(16)5-7-27-2)13(24)20-10(14(25)26)4-3-6-19-15(17)18/h8-11,22H,3-7,16H2,1-2H3,(H,20,24)(H,21,23)(H,25,26)(H4,17,18,19). The number of hydrogen-bond acceptors (Lipinski definition) is 7. The molecule has 0 bridgehead atoms. The van der Waals surface area contributed by atoms with Gasteiger partial charge in [0.1, 0.15) is 12.1 Å². The van der Waals surface area contributed by atoms with Crippen molar-refractivity contribution in [1.82, 2.24) is 10.6 Å². The van der Waals surface area contributed by atoms with E-state index in [0.717, 1.165) is 0 Å². The first kappa shape index (κ1) is 24.9. The summed E-state index contributed by atoms with van der Waals surface area (Å²) < 4.78 is 0. The monoisotopic (exact) mass is 406 g/mol. The fourth-order valence-electron chi connectivity index (χ4n) is 2.06. The summed E-state index contributed by atoms with van der Waals surface area (Å²) in [5, 5.41) is 23.7. The van der Waals surface area contributed by atoms with Gasteiger partial charge in [0.25, 0.3) is 0 Å². The fraction of sp³-hybridized carbons (Fsp3) is 0.733. The molecule has 0 rings (SSSR count). The number of thioether (sulfide) groups is 1. The Morgan fingerprint density at radius 3 is 2.26 bits per heavy atom. The predicted molar refractivity (Wildman–Crippen MR) is 104 cm³/mol. The fourth-order valence-corrected chi connectivity index (χ4v) is 2.55. The molecule has 27 heavy (non-hydrogen) atoms. The lowest BCUT2D eigenvalue weighted by Gasteiger charge is -2.24. The van der Waals surface area contributed by atoms with E-state index >= 15 is 0 Å². The van der Waals surface area contributed by atoms with Crippen molar-refractivity contribution >= 4 is 35.5 Å². The minimum Gasteiger partial charge on any atom is -0.480 e. The quantitative estimate of drug-likeness (QED) is 0.0983. The lowest BCUT2D eigenvalue weighted by atomic mass is 10.1. The zero-order chi connectivity index (χ0) is 21.0. The number of nitrogens with zero attached hydrogens (tertiary/aromatic N) is 1. The summed E-state index contributed by atoms with van der Waals surface area (Å²) >= 11 is 1.52. The van der Waals surface area contributed by atoms with E-state index in [0.29, 0.717) is 18.6 Å². The number of aliphatic carboxylic acids is 1. The normalized spacial score (nSPS) is 15.1. The Bertz CT molecular complexity index is 527. The van der Waals surface area contributed by atoms with Gasteiger partial charge in [0.15, 0.2) is 5.96 Å². The molecule has 10 N–H and O–H groups in total. The highest BCUT2D eigenvalue weighted by atomic mass is 32.2. The third-order valence-corrected chi connectivity index (χ3v) is 4.24. The summed E-state index contributed by atoms with van der Waals surface area (Å²) in [5.74, 6) is -2.10. The molecule has 0 fully saturated rings. The minimum absolute atomic E-state index is 0.0750. The third-order valence-electron chi connectivity index (χ3n) is 3.59. The molecule has 0 aromatic heterocycles. The molecule has 0 spiro atoms. The van der Waals surface area contributed by atoms with Crippen molar-refractivity contribution in [2.24, 2.45) is 22.2 Å². The lowest BCUT2D eigenvalue weighted by Crippen LogP contribution is -2.58. The number of carboxylic acids is 1. The van der Waals surface area contributed by atoms with Gasteiger partial charge < -0.3 is 38.0 Å². The molecule has 4 atom stereocenters. The van der Waals surface area contributed by atoms with Crippen molar-refractivity contribution < 1.29 is 24.6 Å². The number of carbonyl (C=O) groups is 3. The zero-order valence-corrected chi connectivity index (χ0v) is 16.4. The Morgan fingerprint density at radius 2 is 1.78 bits per heavy atom. The Balaban J connectivity index is 4.84. The van der Waals surface area contributed by atoms with Crippen LogP contribution in [0.15, 0.2) is 4.99 Å². The lowest BCUT2D eigenvalue weighted by molar-refractivity contribution is -0.143. The number of amides is 2. The van der Waals surface area contributed by atoms with E-state index in [2.05, 4.69) is 15.6 Å². The van der Waals surface area contributed by atoms with Crippen LogP contribution in [0.3, 0.4) is 0 Å². The van der Waals surface area contributed by atoms with Crippen LogP contribution in [-0.2, 0) is 14.4 Å². The SMILES string of the molecule is CSCCC(N)C(=O)NC(C(=O)NC(CCCN=C(N)N)C(=O)O)C(C)O. The van der Waals surface area contributed by atoms with E-state index in [-0.39, 0.29) is 18.9 Å². The molecule has 0 saturated heterocycles. The molecule has 0 radical (unpaired) electrons. The number of carbonyl (C=O) groups excluding carboxylic acids is 2. The Labute approximate surface area is 162 Å². The molecule has 0 aromatic carbocycles. The number of aliphatic hydroxyl groups excluding tert-OH is 1. The Kier molecular flexibility index (Phi) is 12.2. The summed E-state index contributed by atoms with van der Waals surface area (Å²) in [6, 6.07) is -3.37. The number of rotatable bonds is 13. The number of aliphatic imine (C=N–C) groups is 1. The van der Waals surface area contributed by atoms with Crippen molar-refractivity contribution in [2.75, 3.05) is 18.6 Å². The second kappa shape index (κ2) is 13.2. The molecule has 0 saturated carbocycles. The van der Waals surface area contributed by atoms with Crippen molar-refractivity contribution in [3.8, 4) is 0 Å². The van der Waals surface area contributed by atoms with Gasteiger partial charge in [-0.15, -0.1) is 0 Å². The number of nitrogens with two attached hydrogens (primary N) is 3. The molecule has 156 valence electrons. The van der Waals surface area contributed by atoms with Crippen LogP contribution in [0, 0.1) is 0 Å². The Morgan fingerprint density at radius 1 is 1.15 bits per heavy atom. The maximum absolute atomic E-state index is 12.4. The largest absolute Gasteiger partial charge is 0.480 e. The Hall–Kier alpha value is -2.05. The van der Waals surface area contributed by atoms with Crippen LogP contribution in [0.5, 0.6) is 0 Å². The first-order valence-corrected chi connectivity index (χ1v) is 9.81. The maximum atomic E-state index is 12.4. The van der Waals surface area contributed by atoms with Crippen LogP contribution < -0.4 is 27.8 Å². The molecular weight excluding hydrogens is 376 g/mol. The van der Waals surface area contributed by atoms with Crippen LogP contribution in [0.1, 0.15) is 26.2 Å². The van der Waals surface area contributed by atoms with Crippen LogP contribution in [0.25, 0.3) is 0 Å². The highest BCUT2D eigenvalue weighted by Crippen LogP contribution is 2.03. The first-order valence-electron chi connectivity index (χ1n) is 8.41. The molecule has 4 unspecified atom stereocenters. The summed E-state index contributed by atoms with van der Waals surface area (Å²) in [6.07, 6.45) is 1.43. The highest BCUT2D eigenvalue weighted by molar-refractivity contribution is 7.98. The molecule has 2 amide bonds. The van der Waals surface area contributed by atoms with Gasteiger partial charge in [-0.3, -0.25) is 14.6 Å². The molecule has 0 aliphatic heterocycles. The molecular formula is C15H30N6O5S. The average Bonchev–Trinajstić information content (AvgIpc) is 2.58. The van der Waals surface area contributed by atoms with Gasteiger partial charge in [0.05, 0.1) is 12.1 Å². The molecule has 0 heterocycles. The number of aliphatic hydroxyl groups is 1. The first-order chi connectivity index (χ1) is 12.6. The van der Waals surface area contributed by atoms with E-state index in [1.165, 1.54) is 18.7 Å². The van der Waals surface area contributed by atoms with Gasteiger partial charge in [-0.2, -0.15) is 11.8 Å². The van der Waals surface area contributed by atoms with E-state index in [9.17, 15) is 24.6 Å². The third kappa shape index (κ3) is 10.6. The maximum Gasteiger partial charge on any atom is 0.326 e. The van der Waals surface area contributed by atoms with Gasteiger partial charge in [-0.25, -0.2) is 4.79 Å². The van der Waals surface area contributed by atoms with Crippen LogP contribution >= 0.6 is 11.8 Å². The van der Waals surface area contributed by atoms with Crippen LogP contribution in [-0.4, -0.2) is 76.7 Å². The molecule has 0 aliphatic rings. The van der Waals surface area contributed by atoms with Gasteiger partial charge in [0.2, 0.25) is 11.8 Å². The number of hydrogen-bond donors (Lipinski definition) is 7. The van der Waals surface area contributed by atoms with E-state index in [4.69, 9.17) is 17.2 Å².